The van der Waals surface area contributed by atoms with Crippen LogP contribution >= 0.6 is 0 Å². The van der Waals surface area contributed by atoms with Crippen molar-refractivity contribution >= 4 is 5.57 Å². The second-order valence-corrected chi connectivity index (χ2v) is 6.70. The molecule has 1 atom stereocenters. The van der Waals surface area contributed by atoms with E-state index in [2.05, 4.69) is 15.2 Å². The number of aromatic nitrogens is 3. The molecule has 0 bridgehead atoms. The monoisotopic (exact) mass is 323 g/mol. The van der Waals surface area contributed by atoms with E-state index in [-0.39, 0.29) is 0 Å². The number of hydrogen-bond acceptors (Lipinski definition) is 4. The van der Waals surface area contributed by atoms with Gasteiger partial charge >= 0.3 is 0 Å². The molecule has 1 unspecified atom stereocenters. The molecule has 0 aliphatic heterocycles. The summed E-state index contributed by atoms with van der Waals surface area (Å²) in [4.78, 5) is 4.22. The minimum absolute atomic E-state index is 0.663. The number of aliphatic hydroxyl groups is 2. The summed E-state index contributed by atoms with van der Waals surface area (Å²) in [5.41, 5.74) is 1.12. The Morgan fingerprint density at radius 3 is 2.42 bits per heavy atom. The molecule has 124 valence electrons. The van der Waals surface area contributed by atoms with Crippen molar-refractivity contribution in [2.24, 2.45) is 0 Å². The van der Waals surface area contributed by atoms with Crippen LogP contribution in [0.3, 0.4) is 0 Å². The predicted octanol–water partition coefficient (Wildman–Crippen LogP) is 2.87. The van der Waals surface area contributed by atoms with Gasteiger partial charge in [-0.05, 0) is 49.6 Å². The molecule has 0 amide bonds. The first-order valence-corrected chi connectivity index (χ1v) is 7.80. The van der Waals surface area contributed by atoms with Gasteiger partial charge in [-0.3, -0.25) is 5.10 Å². The quantitative estimate of drug-likeness (QED) is 0.811. The normalized spacial score (nSPS) is 21.2. The van der Waals surface area contributed by atoms with Crippen molar-refractivity contribution in [2.75, 3.05) is 0 Å². The van der Waals surface area contributed by atoms with E-state index in [0.29, 0.717) is 11.4 Å². The number of nitrogens with one attached hydrogen (secondary N) is 1. The van der Waals surface area contributed by atoms with Crippen molar-refractivity contribution < 1.29 is 10.2 Å². The number of hydrogen-bond donors (Lipinski definition) is 3. The van der Waals surface area contributed by atoms with Crippen LogP contribution < -0.4 is 0 Å². The average Bonchev–Trinajstić information content (AvgIpc) is 2.97. The first-order valence-electron chi connectivity index (χ1n) is 7.80. The van der Waals surface area contributed by atoms with Crippen LogP contribution in [0.1, 0.15) is 26.3 Å². The van der Waals surface area contributed by atoms with Gasteiger partial charge < -0.3 is 10.2 Å². The third-order valence-electron chi connectivity index (χ3n) is 3.95. The molecule has 24 heavy (non-hydrogen) atoms. The molecular weight excluding hydrogens is 302 g/mol. The van der Waals surface area contributed by atoms with Crippen molar-refractivity contribution in [1.29, 1.82) is 0 Å². The Morgan fingerprint density at radius 2 is 1.79 bits per heavy atom. The molecular formula is C19H21N3O2. The zero-order chi connectivity index (χ0) is 17.4. The van der Waals surface area contributed by atoms with Crippen LogP contribution in [0.2, 0.25) is 0 Å². The third kappa shape index (κ3) is 3.37. The molecule has 0 radical (unpaired) electrons. The molecule has 1 aliphatic rings. The van der Waals surface area contributed by atoms with E-state index < -0.39 is 11.2 Å². The Hall–Kier alpha value is -2.50. The highest BCUT2D eigenvalue weighted by Gasteiger charge is 2.25. The molecule has 2 aromatic rings. The van der Waals surface area contributed by atoms with Gasteiger partial charge in [-0.15, -0.1) is 0 Å². The van der Waals surface area contributed by atoms with Gasteiger partial charge in [0.2, 0.25) is 0 Å². The summed E-state index contributed by atoms with van der Waals surface area (Å²) in [5, 5.41) is 27.8. The fraction of sp³-hybridized carbons (Fsp3) is 0.263. The van der Waals surface area contributed by atoms with E-state index in [4.69, 9.17) is 0 Å². The molecule has 0 saturated carbocycles. The van der Waals surface area contributed by atoms with Gasteiger partial charge in [0.05, 0.1) is 11.2 Å². The Balaban J connectivity index is 2.11. The van der Waals surface area contributed by atoms with Gasteiger partial charge in [-0.2, -0.15) is 5.10 Å². The lowest BCUT2D eigenvalue weighted by molar-refractivity contribution is 0.116. The number of rotatable bonds is 3. The van der Waals surface area contributed by atoms with Gasteiger partial charge in [0, 0.05) is 5.56 Å². The van der Waals surface area contributed by atoms with E-state index in [1.165, 1.54) is 6.33 Å². The maximum absolute atomic E-state index is 10.7. The molecule has 5 heteroatoms. The zero-order valence-electron chi connectivity index (χ0n) is 14.0. The Bertz CT molecular complexity index is 823. The topological polar surface area (TPSA) is 82.0 Å². The Labute approximate surface area is 141 Å². The maximum Gasteiger partial charge on any atom is 0.156 e. The van der Waals surface area contributed by atoms with E-state index in [1.54, 1.807) is 32.9 Å². The van der Waals surface area contributed by atoms with Gasteiger partial charge in [0.1, 0.15) is 6.33 Å². The standard InChI is InChI=1S/C19H21N3O2/c1-18(2,23)14-9-8-13(10-19(3,24)11-14)15-6-4-5-7-16(15)17-20-12-21-22-17/h4-12,23-24H,1-3H3,(H,20,21,22). The van der Waals surface area contributed by atoms with Crippen molar-refractivity contribution in [3.8, 4) is 11.4 Å². The maximum atomic E-state index is 10.7. The smallest absolute Gasteiger partial charge is 0.156 e. The average molecular weight is 323 g/mol. The molecule has 0 spiro atoms. The number of benzene rings is 1. The second-order valence-electron chi connectivity index (χ2n) is 6.70. The van der Waals surface area contributed by atoms with Gasteiger partial charge in [-0.25, -0.2) is 4.98 Å². The van der Waals surface area contributed by atoms with E-state index in [0.717, 1.165) is 16.7 Å². The van der Waals surface area contributed by atoms with Crippen LogP contribution in [0, 0.1) is 0 Å². The van der Waals surface area contributed by atoms with Crippen molar-refractivity contribution in [3.63, 3.8) is 0 Å². The van der Waals surface area contributed by atoms with Crippen LogP contribution in [-0.4, -0.2) is 36.6 Å². The van der Waals surface area contributed by atoms with Crippen LogP contribution in [0.15, 0.2) is 60.5 Å². The summed E-state index contributed by atoms with van der Waals surface area (Å²) < 4.78 is 0. The molecule has 1 heterocycles. The van der Waals surface area contributed by atoms with Crippen molar-refractivity contribution in [2.45, 2.75) is 32.0 Å². The van der Waals surface area contributed by atoms with Gasteiger partial charge in [0.15, 0.2) is 5.82 Å². The summed E-state index contributed by atoms with van der Waals surface area (Å²) in [6, 6.07) is 7.79. The highest BCUT2D eigenvalue weighted by Crippen LogP contribution is 2.33. The highest BCUT2D eigenvalue weighted by atomic mass is 16.3. The number of H-pyrrole nitrogens is 1. The lowest BCUT2D eigenvalue weighted by Crippen LogP contribution is -2.25. The van der Waals surface area contributed by atoms with E-state index >= 15 is 0 Å². The molecule has 5 nitrogen and oxygen atoms in total. The van der Waals surface area contributed by atoms with E-state index in [1.807, 2.05) is 36.4 Å². The number of aromatic amines is 1. The summed E-state index contributed by atoms with van der Waals surface area (Å²) in [5.74, 6) is 0.666. The second kappa shape index (κ2) is 5.85. The fourth-order valence-corrected chi connectivity index (χ4v) is 2.77. The fourth-order valence-electron chi connectivity index (χ4n) is 2.77. The molecule has 0 fully saturated rings. The molecule has 0 saturated heterocycles. The van der Waals surface area contributed by atoms with Crippen molar-refractivity contribution in [1.82, 2.24) is 15.2 Å². The highest BCUT2D eigenvalue weighted by molar-refractivity contribution is 5.85. The lowest BCUT2D eigenvalue weighted by Gasteiger charge is -2.22. The Kier molecular flexibility index (Phi) is 3.99. The van der Waals surface area contributed by atoms with Crippen LogP contribution in [-0.2, 0) is 0 Å². The summed E-state index contributed by atoms with van der Waals surface area (Å²) >= 11 is 0. The van der Waals surface area contributed by atoms with Crippen LogP contribution in [0.5, 0.6) is 0 Å². The minimum atomic E-state index is -1.18. The minimum Gasteiger partial charge on any atom is -0.386 e. The summed E-state index contributed by atoms with van der Waals surface area (Å²) in [6.45, 7) is 5.10. The van der Waals surface area contributed by atoms with E-state index in [9.17, 15) is 10.2 Å². The molecule has 1 aromatic carbocycles. The largest absolute Gasteiger partial charge is 0.386 e. The van der Waals surface area contributed by atoms with Gasteiger partial charge in [-0.1, -0.05) is 36.4 Å². The SMILES string of the molecule is CC1(O)C=C(c2ccccc2-c2ncn[nH]2)C=CC(C(C)(C)O)=C1. The van der Waals surface area contributed by atoms with Crippen LogP contribution in [0.4, 0.5) is 0 Å². The molecule has 3 N–H and O–H groups in total. The van der Waals surface area contributed by atoms with Crippen molar-refractivity contribution in [3.05, 3.63) is 66.0 Å². The summed E-state index contributed by atoms with van der Waals surface area (Å²) in [7, 11) is 0. The predicted molar refractivity (Wildman–Crippen MR) is 93.9 cm³/mol. The third-order valence-corrected chi connectivity index (χ3v) is 3.95. The first kappa shape index (κ1) is 16.4. The molecule has 1 aliphatic carbocycles. The lowest BCUT2D eigenvalue weighted by atomic mass is 9.93. The number of nitrogens with zero attached hydrogens (tertiary/aromatic N) is 2. The molecule has 1 aromatic heterocycles. The number of allylic oxidation sites excluding steroid dienone is 2. The van der Waals surface area contributed by atoms with Gasteiger partial charge in [0.25, 0.3) is 0 Å². The zero-order valence-corrected chi connectivity index (χ0v) is 14.0. The first-order chi connectivity index (χ1) is 11.3. The van der Waals surface area contributed by atoms with Crippen LogP contribution in [0.25, 0.3) is 17.0 Å². The molecule has 3 rings (SSSR count). The summed E-state index contributed by atoms with van der Waals surface area (Å²) in [6.07, 6.45) is 8.66. The Morgan fingerprint density at radius 1 is 1.08 bits per heavy atom.